The Bertz CT molecular complexity index is 1260. The second kappa shape index (κ2) is 9.70. The van der Waals surface area contributed by atoms with Crippen molar-refractivity contribution in [3.8, 4) is 11.1 Å². The summed E-state index contributed by atoms with van der Waals surface area (Å²) < 4.78 is 7.46. The first-order chi connectivity index (χ1) is 17.2. The Kier molecular flexibility index (Phi) is 6.12. The highest BCUT2D eigenvalue weighted by Crippen LogP contribution is 2.33. The van der Waals surface area contributed by atoms with Crippen LogP contribution in [0.2, 0.25) is 0 Å². The first-order valence-corrected chi connectivity index (χ1v) is 12.9. The Labute approximate surface area is 205 Å². The van der Waals surface area contributed by atoms with Gasteiger partial charge in [0.1, 0.15) is 0 Å². The number of hydrogen-bond acceptors (Lipinski definition) is 7. The summed E-state index contributed by atoms with van der Waals surface area (Å²) in [6.45, 7) is 0.649. The van der Waals surface area contributed by atoms with E-state index in [0.717, 1.165) is 41.0 Å². The molecule has 0 aliphatic heterocycles. The van der Waals surface area contributed by atoms with Crippen LogP contribution in [0.5, 0.6) is 0 Å². The van der Waals surface area contributed by atoms with E-state index >= 15 is 0 Å². The van der Waals surface area contributed by atoms with E-state index in [4.69, 9.17) is 25.1 Å². The summed E-state index contributed by atoms with van der Waals surface area (Å²) in [5.74, 6) is 1.40. The van der Waals surface area contributed by atoms with Crippen LogP contribution in [0.25, 0.3) is 22.3 Å². The molecule has 2 aliphatic rings. The van der Waals surface area contributed by atoms with Crippen LogP contribution in [0.1, 0.15) is 63.0 Å². The second-order valence-electron chi connectivity index (χ2n) is 9.92. The van der Waals surface area contributed by atoms with Gasteiger partial charge in [-0.15, -0.1) is 0 Å². The van der Waals surface area contributed by atoms with Gasteiger partial charge in [-0.05, 0) is 42.9 Å². The molecule has 0 saturated heterocycles. The standard InChI is InChI=1S/C27H33N7O/c28-22-7-3-4-8-23(22)31-27-32-25(24-26(33-27)34(17-30-24)21-5-1-2-6-21)29-15-18-9-11-19(12-10-18)20-13-14-35-16-20/h9-14,16-17,21-23H,1-8,15,28H2,(H2,29,31,32,33). The molecule has 3 heterocycles. The van der Waals surface area contributed by atoms with E-state index in [1.165, 1.54) is 44.1 Å². The van der Waals surface area contributed by atoms with E-state index in [2.05, 4.69) is 39.5 Å². The van der Waals surface area contributed by atoms with Crippen molar-refractivity contribution >= 4 is 22.9 Å². The normalized spacial score (nSPS) is 20.9. The molecule has 0 amide bonds. The van der Waals surface area contributed by atoms with Crippen molar-refractivity contribution in [1.29, 1.82) is 0 Å². The lowest BCUT2D eigenvalue weighted by molar-refractivity contribution is 0.402. The molecule has 8 heteroatoms. The fourth-order valence-corrected chi connectivity index (χ4v) is 5.49. The summed E-state index contributed by atoms with van der Waals surface area (Å²) >= 11 is 0. The molecule has 3 aromatic heterocycles. The summed E-state index contributed by atoms with van der Waals surface area (Å²) in [5.41, 5.74) is 11.5. The summed E-state index contributed by atoms with van der Waals surface area (Å²) in [4.78, 5) is 14.5. The Morgan fingerprint density at radius 2 is 1.74 bits per heavy atom. The molecule has 35 heavy (non-hydrogen) atoms. The van der Waals surface area contributed by atoms with Gasteiger partial charge >= 0.3 is 0 Å². The maximum Gasteiger partial charge on any atom is 0.227 e. The molecule has 2 saturated carbocycles. The van der Waals surface area contributed by atoms with E-state index in [9.17, 15) is 0 Å². The van der Waals surface area contributed by atoms with E-state index < -0.39 is 0 Å². The molecule has 0 spiro atoms. The SMILES string of the molecule is NC1CCCCC1Nc1nc(NCc2ccc(-c3ccoc3)cc2)c2ncn(C3CCCC3)c2n1. The zero-order valence-corrected chi connectivity index (χ0v) is 20.0. The van der Waals surface area contributed by atoms with Gasteiger partial charge in [0.25, 0.3) is 0 Å². The third-order valence-electron chi connectivity index (χ3n) is 7.54. The zero-order valence-electron chi connectivity index (χ0n) is 20.0. The number of hydrogen-bond donors (Lipinski definition) is 3. The van der Waals surface area contributed by atoms with Crippen molar-refractivity contribution in [2.75, 3.05) is 10.6 Å². The van der Waals surface area contributed by atoms with Gasteiger partial charge in [0.05, 0.1) is 18.9 Å². The van der Waals surface area contributed by atoms with Crippen molar-refractivity contribution in [2.45, 2.75) is 76.0 Å². The molecule has 0 bridgehead atoms. The Balaban J connectivity index is 1.27. The minimum absolute atomic E-state index is 0.132. The largest absolute Gasteiger partial charge is 0.472 e. The maximum atomic E-state index is 6.41. The second-order valence-corrected chi connectivity index (χ2v) is 9.92. The third-order valence-corrected chi connectivity index (χ3v) is 7.54. The van der Waals surface area contributed by atoms with Gasteiger partial charge in [-0.1, -0.05) is 49.9 Å². The van der Waals surface area contributed by atoms with Crippen LogP contribution in [-0.4, -0.2) is 31.6 Å². The van der Waals surface area contributed by atoms with E-state index in [1.807, 2.05) is 12.4 Å². The monoisotopic (exact) mass is 471 g/mol. The number of nitrogens with one attached hydrogen (secondary N) is 2. The molecule has 182 valence electrons. The van der Waals surface area contributed by atoms with Crippen LogP contribution in [0, 0.1) is 0 Å². The lowest BCUT2D eigenvalue weighted by Crippen LogP contribution is -2.43. The molecule has 4 aromatic rings. The molecule has 2 aliphatic carbocycles. The fraction of sp³-hybridized carbons (Fsp3) is 0.444. The van der Waals surface area contributed by atoms with Gasteiger partial charge in [0.2, 0.25) is 5.95 Å². The summed E-state index contributed by atoms with van der Waals surface area (Å²) in [6, 6.07) is 11.3. The van der Waals surface area contributed by atoms with Crippen LogP contribution in [0.3, 0.4) is 0 Å². The quantitative estimate of drug-likeness (QED) is 0.327. The number of rotatable bonds is 7. The van der Waals surface area contributed by atoms with E-state index in [1.54, 1.807) is 12.5 Å². The number of nitrogens with two attached hydrogens (primary N) is 1. The van der Waals surface area contributed by atoms with Crippen LogP contribution in [0.15, 0.2) is 53.6 Å². The predicted molar refractivity (Wildman–Crippen MR) is 138 cm³/mol. The number of imidazole rings is 1. The molecule has 6 rings (SSSR count). The lowest BCUT2D eigenvalue weighted by Gasteiger charge is -2.29. The number of aromatic nitrogens is 4. The molecule has 1 aromatic carbocycles. The van der Waals surface area contributed by atoms with Gasteiger partial charge in [0, 0.05) is 30.2 Å². The van der Waals surface area contributed by atoms with Crippen molar-refractivity contribution in [3.05, 3.63) is 54.7 Å². The molecule has 0 radical (unpaired) electrons. The van der Waals surface area contributed by atoms with Crippen molar-refractivity contribution in [2.24, 2.45) is 5.73 Å². The third kappa shape index (κ3) is 4.62. The first-order valence-electron chi connectivity index (χ1n) is 12.9. The topological polar surface area (TPSA) is 107 Å². The van der Waals surface area contributed by atoms with Crippen LogP contribution < -0.4 is 16.4 Å². The Morgan fingerprint density at radius 1 is 0.943 bits per heavy atom. The molecule has 2 unspecified atom stereocenters. The minimum atomic E-state index is 0.132. The van der Waals surface area contributed by atoms with Crippen LogP contribution in [0.4, 0.5) is 11.8 Å². The lowest BCUT2D eigenvalue weighted by atomic mass is 9.91. The Morgan fingerprint density at radius 3 is 2.51 bits per heavy atom. The average molecular weight is 472 g/mol. The van der Waals surface area contributed by atoms with Crippen LogP contribution in [-0.2, 0) is 6.54 Å². The highest BCUT2D eigenvalue weighted by atomic mass is 16.3. The fourth-order valence-electron chi connectivity index (χ4n) is 5.49. The smallest absolute Gasteiger partial charge is 0.227 e. The van der Waals surface area contributed by atoms with E-state index in [0.29, 0.717) is 18.5 Å². The number of fused-ring (bicyclic) bond motifs is 1. The molecule has 2 atom stereocenters. The maximum absolute atomic E-state index is 6.41. The number of nitrogens with zero attached hydrogens (tertiary/aromatic N) is 4. The van der Waals surface area contributed by atoms with E-state index in [-0.39, 0.29) is 12.1 Å². The molecule has 8 nitrogen and oxygen atoms in total. The number of furan rings is 1. The van der Waals surface area contributed by atoms with Crippen molar-refractivity contribution in [3.63, 3.8) is 0 Å². The van der Waals surface area contributed by atoms with Crippen LogP contribution >= 0.6 is 0 Å². The van der Waals surface area contributed by atoms with Gasteiger partial charge in [-0.3, -0.25) is 0 Å². The van der Waals surface area contributed by atoms with Gasteiger partial charge < -0.3 is 25.4 Å². The highest BCUT2D eigenvalue weighted by molar-refractivity contribution is 5.84. The molecule has 4 N–H and O–H groups in total. The van der Waals surface area contributed by atoms with Gasteiger partial charge in [-0.2, -0.15) is 9.97 Å². The van der Waals surface area contributed by atoms with Gasteiger partial charge in [-0.25, -0.2) is 4.98 Å². The number of benzene rings is 1. The molecular formula is C27H33N7O. The summed E-state index contributed by atoms with van der Waals surface area (Å²) in [6.07, 6.45) is 14.8. The molecule has 2 fully saturated rings. The zero-order chi connectivity index (χ0) is 23.6. The van der Waals surface area contributed by atoms with Crippen molar-refractivity contribution in [1.82, 2.24) is 19.5 Å². The minimum Gasteiger partial charge on any atom is -0.472 e. The highest BCUT2D eigenvalue weighted by Gasteiger charge is 2.25. The van der Waals surface area contributed by atoms with Crippen molar-refractivity contribution < 1.29 is 4.42 Å². The summed E-state index contributed by atoms with van der Waals surface area (Å²) in [5, 5.41) is 7.09. The predicted octanol–water partition coefficient (Wildman–Crippen LogP) is 5.50. The Hall–Kier alpha value is -3.39. The first kappa shape index (κ1) is 22.1. The average Bonchev–Trinajstić information content (AvgIpc) is 3.66. The molecular weight excluding hydrogens is 438 g/mol. The summed E-state index contributed by atoms with van der Waals surface area (Å²) in [7, 11) is 0. The number of anilines is 2. The van der Waals surface area contributed by atoms with Gasteiger partial charge in [0.15, 0.2) is 17.0 Å².